The van der Waals surface area contributed by atoms with E-state index in [1.807, 2.05) is 0 Å². The van der Waals surface area contributed by atoms with Gasteiger partial charge in [-0.15, -0.1) is 0 Å². The molecule has 1 aromatic rings. The molecule has 0 aliphatic heterocycles. The minimum absolute atomic E-state index is 0.160. The first-order valence-electron chi connectivity index (χ1n) is 4.15. The summed E-state index contributed by atoms with van der Waals surface area (Å²) >= 11 is 5.73. The second kappa shape index (κ2) is 4.75. The molecule has 0 aliphatic rings. The van der Waals surface area contributed by atoms with E-state index in [1.54, 1.807) is 0 Å². The monoisotopic (exact) mass is 228 g/mol. The highest BCUT2D eigenvalue weighted by atomic mass is 35.5. The normalized spacial score (nSPS) is 11.9. The molecule has 0 radical (unpaired) electrons. The SMILES string of the molecule is C[C@H](NC(=O)c1cnccc1Cl)C(=O)O. The van der Waals surface area contributed by atoms with Crippen LogP contribution in [0.1, 0.15) is 17.3 Å². The largest absolute Gasteiger partial charge is 0.480 e. The molecule has 1 heterocycles. The fraction of sp³-hybridized carbons (Fsp3) is 0.222. The zero-order chi connectivity index (χ0) is 11.4. The van der Waals surface area contributed by atoms with Crippen LogP contribution in [0, 0.1) is 0 Å². The maximum Gasteiger partial charge on any atom is 0.325 e. The number of carboxylic acid groups (broad SMARTS) is 1. The molecule has 2 N–H and O–H groups in total. The van der Waals surface area contributed by atoms with Crippen molar-refractivity contribution >= 4 is 23.5 Å². The predicted octanol–water partition coefficient (Wildman–Crippen LogP) is 0.938. The Kier molecular flexibility index (Phi) is 3.62. The molecule has 0 unspecified atom stereocenters. The van der Waals surface area contributed by atoms with Gasteiger partial charge in [0.05, 0.1) is 10.6 Å². The molecule has 0 fully saturated rings. The molecule has 0 saturated heterocycles. The molecule has 15 heavy (non-hydrogen) atoms. The second-order valence-electron chi connectivity index (χ2n) is 2.89. The Morgan fingerprint density at radius 3 is 2.80 bits per heavy atom. The number of carbonyl (C=O) groups is 2. The standard InChI is InChI=1S/C9H9ClN2O3/c1-5(9(14)15)12-8(13)6-4-11-3-2-7(6)10/h2-5H,1H3,(H,12,13)(H,14,15)/t5-/m0/s1. The smallest absolute Gasteiger partial charge is 0.325 e. The topological polar surface area (TPSA) is 79.3 Å². The van der Waals surface area contributed by atoms with Crippen molar-refractivity contribution in [2.45, 2.75) is 13.0 Å². The maximum absolute atomic E-state index is 11.5. The van der Waals surface area contributed by atoms with E-state index in [-0.39, 0.29) is 10.6 Å². The minimum Gasteiger partial charge on any atom is -0.480 e. The number of halogens is 1. The van der Waals surface area contributed by atoms with Gasteiger partial charge in [-0.2, -0.15) is 0 Å². The van der Waals surface area contributed by atoms with Crippen molar-refractivity contribution in [2.24, 2.45) is 0 Å². The van der Waals surface area contributed by atoms with Crippen molar-refractivity contribution in [3.8, 4) is 0 Å². The maximum atomic E-state index is 11.5. The number of nitrogens with one attached hydrogen (secondary N) is 1. The highest BCUT2D eigenvalue weighted by molar-refractivity contribution is 6.33. The van der Waals surface area contributed by atoms with E-state index in [2.05, 4.69) is 10.3 Å². The first-order valence-corrected chi connectivity index (χ1v) is 4.53. The van der Waals surface area contributed by atoms with Gasteiger partial charge in [-0.1, -0.05) is 11.6 Å². The number of nitrogens with zero attached hydrogens (tertiary/aromatic N) is 1. The van der Waals surface area contributed by atoms with Gasteiger partial charge in [-0.3, -0.25) is 14.6 Å². The van der Waals surface area contributed by atoms with Crippen molar-refractivity contribution in [1.29, 1.82) is 0 Å². The fourth-order valence-corrected chi connectivity index (χ4v) is 1.07. The number of hydrogen-bond donors (Lipinski definition) is 2. The summed E-state index contributed by atoms with van der Waals surface area (Å²) in [5.41, 5.74) is 0.160. The summed E-state index contributed by atoms with van der Waals surface area (Å²) in [6, 6.07) is 0.496. The van der Waals surface area contributed by atoms with Crippen LogP contribution >= 0.6 is 11.6 Å². The van der Waals surface area contributed by atoms with Gasteiger partial charge in [0.15, 0.2) is 0 Å². The molecule has 5 nitrogen and oxygen atoms in total. The third-order valence-corrected chi connectivity index (χ3v) is 2.06. The van der Waals surface area contributed by atoms with Gasteiger partial charge in [0, 0.05) is 12.4 Å². The second-order valence-corrected chi connectivity index (χ2v) is 3.30. The lowest BCUT2D eigenvalue weighted by molar-refractivity contribution is -0.138. The lowest BCUT2D eigenvalue weighted by Crippen LogP contribution is -2.38. The molecule has 0 spiro atoms. The molecule has 0 aromatic carbocycles. The number of rotatable bonds is 3. The van der Waals surface area contributed by atoms with Gasteiger partial charge in [-0.25, -0.2) is 0 Å². The highest BCUT2D eigenvalue weighted by Gasteiger charge is 2.16. The van der Waals surface area contributed by atoms with Gasteiger partial charge in [0.25, 0.3) is 5.91 Å². The predicted molar refractivity (Wildman–Crippen MR) is 53.8 cm³/mol. The van der Waals surface area contributed by atoms with Crippen LogP contribution in [0.3, 0.4) is 0 Å². The first-order chi connectivity index (χ1) is 7.02. The third kappa shape index (κ3) is 2.92. The number of carbonyl (C=O) groups excluding carboxylic acids is 1. The summed E-state index contributed by atoms with van der Waals surface area (Å²) < 4.78 is 0. The minimum atomic E-state index is -1.11. The Morgan fingerprint density at radius 2 is 2.27 bits per heavy atom. The van der Waals surface area contributed by atoms with Crippen LogP contribution in [0.15, 0.2) is 18.5 Å². The Labute approximate surface area is 91.1 Å². The van der Waals surface area contributed by atoms with Crippen molar-refractivity contribution in [2.75, 3.05) is 0 Å². The van der Waals surface area contributed by atoms with E-state index in [1.165, 1.54) is 25.4 Å². The van der Waals surface area contributed by atoms with Crippen LogP contribution in [-0.2, 0) is 4.79 Å². The van der Waals surface area contributed by atoms with Gasteiger partial charge in [0.2, 0.25) is 0 Å². The van der Waals surface area contributed by atoms with E-state index < -0.39 is 17.9 Å². The Balaban J connectivity index is 2.78. The molecule has 0 aliphatic carbocycles. The molecular weight excluding hydrogens is 220 g/mol. The van der Waals surface area contributed by atoms with Crippen LogP contribution in [-0.4, -0.2) is 28.0 Å². The molecule has 1 rings (SSSR count). The number of aromatic nitrogens is 1. The lowest BCUT2D eigenvalue weighted by atomic mass is 10.2. The molecule has 1 atom stereocenters. The Morgan fingerprint density at radius 1 is 1.60 bits per heavy atom. The average molecular weight is 229 g/mol. The number of carboxylic acids is 1. The summed E-state index contributed by atoms with van der Waals surface area (Å²) in [4.78, 5) is 25.7. The van der Waals surface area contributed by atoms with Gasteiger partial charge < -0.3 is 10.4 Å². The average Bonchev–Trinajstić information content (AvgIpc) is 2.18. The highest BCUT2D eigenvalue weighted by Crippen LogP contribution is 2.13. The molecule has 0 saturated carbocycles. The molecular formula is C9H9ClN2O3. The molecule has 0 bridgehead atoms. The van der Waals surface area contributed by atoms with Crippen molar-refractivity contribution < 1.29 is 14.7 Å². The quantitative estimate of drug-likeness (QED) is 0.807. The number of hydrogen-bond acceptors (Lipinski definition) is 3. The number of aliphatic carboxylic acids is 1. The van der Waals surface area contributed by atoms with Crippen LogP contribution in [0.4, 0.5) is 0 Å². The van der Waals surface area contributed by atoms with Crippen LogP contribution in [0.5, 0.6) is 0 Å². The summed E-state index contributed by atoms with van der Waals surface area (Å²) in [6.45, 7) is 1.37. The zero-order valence-electron chi connectivity index (χ0n) is 7.90. The number of amides is 1. The van der Waals surface area contributed by atoms with Crippen LogP contribution in [0.25, 0.3) is 0 Å². The van der Waals surface area contributed by atoms with Crippen molar-refractivity contribution in [3.05, 3.63) is 29.0 Å². The van der Waals surface area contributed by atoms with E-state index in [0.717, 1.165) is 0 Å². The summed E-state index contributed by atoms with van der Waals surface area (Å²) in [7, 11) is 0. The van der Waals surface area contributed by atoms with E-state index in [4.69, 9.17) is 16.7 Å². The van der Waals surface area contributed by atoms with Crippen molar-refractivity contribution in [3.63, 3.8) is 0 Å². The van der Waals surface area contributed by atoms with Gasteiger partial charge in [0.1, 0.15) is 6.04 Å². The van der Waals surface area contributed by atoms with E-state index >= 15 is 0 Å². The first kappa shape index (κ1) is 11.5. The summed E-state index contributed by atoms with van der Waals surface area (Å²) in [5, 5.41) is 11.1. The molecule has 6 heteroatoms. The van der Waals surface area contributed by atoms with Gasteiger partial charge in [-0.05, 0) is 13.0 Å². The van der Waals surface area contributed by atoms with Crippen LogP contribution < -0.4 is 5.32 Å². The van der Waals surface area contributed by atoms with E-state index in [0.29, 0.717) is 0 Å². The summed E-state index contributed by atoms with van der Waals surface area (Å²) in [6.07, 6.45) is 2.73. The molecule has 1 amide bonds. The Bertz CT molecular complexity index is 395. The fourth-order valence-electron chi connectivity index (χ4n) is 0.881. The van der Waals surface area contributed by atoms with Crippen LogP contribution in [0.2, 0.25) is 5.02 Å². The van der Waals surface area contributed by atoms with E-state index in [9.17, 15) is 9.59 Å². The molecule has 80 valence electrons. The Hall–Kier alpha value is -1.62. The zero-order valence-corrected chi connectivity index (χ0v) is 8.65. The van der Waals surface area contributed by atoms with Crippen molar-refractivity contribution in [1.82, 2.24) is 10.3 Å². The summed E-state index contributed by atoms with van der Waals surface area (Å²) in [5.74, 6) is -1.66. The number of pyridine rings is 1. The van der Waals surface area contributed by atoms with Gasteiger partial charge >= 0.3 is 5.97 Å². The molecule has 1 aromatic heterocycles. The lowest BCUT2D eigenvalue weighted by Gasteiger charge is -2.09. The third-order valence-electron chi connectivity index (χ3n) is 1.73.